The SMILES string of the molecule is CC(OC(=O)[C@H](C)N1C(=O)C2CC=CCC2C1=O)C(=O)NC(C)c1ccccc1. The third-order valence-corrected chi connectivity index (χ3v) is 5.59. The molecule has 154 valence electrons. The van der Waals surface area contributed by atoms with E-state index in [2.05, 4.69) is 5.32 Å². The Kier molecular flexibility index (Phi) is 6.15. The summed E-state index contributed by atoms with van der Waals surface area (Å²) in [4.78, 5) is 51.1. The van der Waals surface area contributed by atoms with Crippen molar-refractivity contribution in [2.45, 2.75) is 51.8 Å². The number of benzene rings is 1. The molecule has 1 aromatic carbocycles. The Hall–Kier alpha value is -2.96. The highest BCUT2D eigenvalue weighted by atomic mass is 16.5. The van der Waals surface area contributed by atoms with Crippen LogP contribution in [0.2, 0.25) is 0 Å². The zero-order valence-corrected chi connectivity index (χ0v) is 16.8. The lowest BCUT2D eigenvalue weighted by molar-refractivity contribution is -0.164. The topological polar surface area (TPSA) is 92.8 Å². The number of carbonyl (C=O) groups is 4. The molecule has 1 aliphatic heterocycles. The van der Waals surface area contributed by atoms with Crippen LogP contribution in [0.4, 0.5) is 0 Å². The van der Waals surface area contributed by atoms with E-state index >= 15 is 0 Å². The van der Waals surface area contributed by atoms with Crippen LogP contribution in [-0.2, 0) is 23.9 Å². The van der Waals surface area contributed by atoms with Crippen molar-refractivity contribution in [2.24, 2.45) is 11.8 Å². The van der Waals surface area contributed by atoms with E-state index in [9.17, 15) is 19.2 Å². The van der Waals surface area contributed by atoms with E-state index in [4.69, 9.17) is 4.74 Å². The molecule has 1 saturated heterocycles. The number of rotatable bonds is 6. The number of nitrogens with zero attached hydrogens (tertiary/aromatic N) is 1. The first kappa shape index (κ1) is 20.8. The molecule has 3 rings (SSSR count). The van der Waals surface area contributed by atoms with Crippen molar-refractivity contribution in [1.82, 2.24) is 10.2 Å². The van der Waals surface area contributed by atoms with Crippen LogP contribution in [0, 0.1) is 11.8 Å². The Morgan fingerprint density at radius 2 is 1.55 bits per heavy atom. The summed E-state index contributed by atoms with van der Waals surface area (Å²) >= 11 is 0. The molecular formula is C22H26N2O5. The zero-order valence-electron chi connectivity index (χ0n) is 16.8. The van der Waals surface area contributed by atoms with Crippen LogP contribution in [0.1, 0.15) is 45.2 Å². The van der Waals surface area contributed by atoms with Crippen molar-refractivity contribution in [3.63, 3.8) is 0 Å². The molecule has 1 N–H and O–H groups in total. The van der Waals surface area contributed by atoms with Gasteiger partial charge in [0.25, 0.3) is 5.91 Å². The van der Waals surface area contributed by atoms with Gasteiger partial charge in [-0.2, -0.15) is 0 Å². The van der Waals surface area contributed by atoms with E-state index in [1.54, 1.807) is 0 Å². The fraction of sp³-hybridized carbons (Fsp3) is 0.455. The number of ether oxygens (including phenoxy) is 1. The van der Waals surface area contributed by atoms with E-state index in [1.807, 2.05) is 49.4 Å². The van der Waals surface area contributed by atoms with Gasteiger partial charge in [-0.3, -0.25) is 19.3 Å². The number of carbonyl (C=O) groups excluding carboxylic acids is 4. The minimum Gasteiger partial charge on any atom is -0.451 e. The second-order valence-electron chi connectivity index (χ2n) is 7.60. The molecule has 4 unspecified atom stereocenters. The standard InChI is InChI=1S/C22H26N2O5/c1-13(16-9-5-4-6-10-16)23-19(25)15(3)29-22(28)14(2)24-20(26)17-11-7-8-12-18(17)21(24)27/h4-10,13-15,17-18H,11-12H2,1-3H3,(H,23,25)/t13?,14-,15?,17?,18?/m0/s1. The van der Waals surface area contributed by atoms with Crippen molar-refractivity contribution in [3.05, 3.63) is 48.0 Å². The quantitative estimate of drug-likeness (QED) is 0.450. The molecule has 0 saturated carbocycles. The molecule has 7 nitrogen and oxygen atoms in total. The number of hydrogen-bond acceptors (Lipinski definition) is 5. The molecule has 1 heterocycles. The summed E-state index contributed by atoms with van der Waals surface area (Å²) in [7, 11) is 0. The number of hydrogen-bond donors (Lipinski definition) is 1. The molecule has 1 aromatic rings. The van der Waals surface area contributed by atoms with Gasteiger partial charge in [-0.05, 0) is 39.2 Å². The van der Waals surface area contributed by atoms with Gasteiger partial charge in [0.15, 0.2) is 6.10 Å². The second-order valence-corrected chi connectivity index (χ2v) is 7.60. The van der Waals surface area contributed by atoms with Gasteiger partial charge >= 0.3 is 5.97 Å². The average Bonchev–Trinajstić information content (AvgIpc) is 2.98. The highest BCUT2D eigenvalue weighted by molar-refractivity contribution is 6.08. The van der Waals surface area contributed by atoms with Gasteiger partial charge in [0.05, 0.1) is 17.9 Å². The van der Waals surface area contributed by atoms with Crippen LogP contribution in [0.5, 0.6) is 0 Å². The summed E-state index contributed by atoms with van der Waals surface area (Å²) in [6, 6.07) is 8.10. The molecule has 1 fully saturated rings. The van der Waals surface area contributed by atoms with Gasteiger partial charge in [0, 0.05) is 0 Å². The molecule has 2 aliphatic rings. The number of amides is 3. The fourth-order valence-corrected chi connectivity index (χ4v) is 3.80. The molecule has 1 aliphatic carbocycles. The van der Waals surface area contributed by atoms with Gasteiger partial charge in [0.2, 0.25) is 11.8 Å². The molecule has 7 heteroatoms. The Balaban J connectivity index is 1.58. The van der Waals surface area contributed by atoms with Crippen molar-refractivity contribution in [3.8, 4) is 0 Å². The van der Waals surface area contributed by atoms with Crippen LogP contribution in [0.25, 0.3) is 0 Å². The third-order valence-electron chi connectivity index (χ3n) is 5.59. The minimum absolute atomic E-state index is 0.250. The maximum atomic E-state index is 12.6. The average molecular weight is 398 g/mol. The van der Waals surface area contributed by atoms with Crippen molar-refractivity contribution < 1.29 is 23.9 Å². The van der Waals surface area contributed by atoms with Crippen LogP contribution in [0.15, 0.2) is 42.5 Å². The minimum atomic E-state index is -1.07. The predicted molar refractivity (Wildman–Crippen MR) is 105 cm³/mol. The Labute approximate surface area is 170 Å². The van der Waals surface area contributed by atoms with Gasteiger partial charge in [0.1, 0.15) is 6.04 Å². The first-order valence-corrected chi connectivity index (χ1v) is 9.89. The van der Waals surface area contributed by atoms with E-state index in [0.29, 0.717) is 12.8 Å². The molecule has 0 bridgehead atoms. The number of nitrogens with one attached hydrogen (secondary N) is 1. The summed E-state index contributed by atoms with van der Waals surface area (Å²) in [5, 5.41) is 2.80. The Morgan fingerprint density at radius 3 is 2.10 bits per heavy atom. The second kappa shape index (κ2) is 8.59. The smallest absolute Gasteiger partial charge is 0.329 e. The normalized spacial score (nSPS) is 23.9. The summed E-state index contributed by atoms with van der Waals surface area (Å²) in [6.07, 6.45) is 3.74. The molecule has 0 radical (unpaired) electrons. The van der Waals surface area contributed by atoms with Gasteiger partial charge < -0.3 is 10.1 Å². The fourth-order valence-electron chi connectivity index (χ4n) is 3.80. The summed E-state index contributed by atoms with van der Waals surface area (Å²) in [6.45, 7) is 4.76. The molecule has 3 amide bonds. The molecule has 29 heavy (non-hydrogen) atoms. The molecule has 5 atom stereocenters. The van der Waals surface area contributed by atoms with Crippen LogP contribution < -0.4 is 5.32 Å². The number of esters is 1. The zero-order chi connectivity index (χ0) is 21.1. The number of imide groups is 1. The lowest BCUT2D eigenvalue weighted by atomic mass is 9.85. The molecule has 0 aromatic heterocycles. The number of fused-ring (bicyclic) bond motifs is 1. The van der Waals surface area contributed by atoms with Crippen molar-refractivity contribution in [2.75, 3.05) is 0 Å². The largest absolute Gasteiger partial charge is 0.451 e. The maximum absolute atomic E-state index is 12.6. The Bertz CT molecular complexity index is 809. The lowest BCUT2D eigenvalue weighted by Gasteiger charge is -2.24. The maximum Gasteiger partial charge on any atom is 0.329 e. The monoisotopic (exact) mass is 398 g/mol. The van der Waals surface area contributed by atoms with E-state index in [0.717, 1.165) is 10.5 Å². The highest BCUT2D eigenvalue weighted by Gasteiger charge is 2.50. The van der Waals surface area contributed by atoms with E-state index < -0.39 is 35.9 Å². The predicted octanol–water partition coefficient (Wildman–Crippen LogP) is 2.14. The summed E-state index contributed by atoms with van der Waals surface area (Å²) in [5.41, 5.74) is 0.928. The van der Waals surface area contributed by atoms with Crippen LogP contribution in [0.3, 0.4) is 0 Å². The Morgan fingerprint density at radius 1 is 1.00 bits per heavy atom. The van der Waals surface area contributed by atoms with Crippen molar-refractivity contribution >= 4 is 23.7 Å². The highest BCUT2D eigenvalue weighted by Crippen LogP contribution is 2.36. The number of allylic oxidation sites excluding steroid dienone is 2. The molecule has 0 spiro atoms. The summed E-state index contributed by atoms with van der Waals surface area (Å²) < 4.78 is 5.26. The van der Waals surface area contributed by atoms with Gasteiger partial charge in [-0.25, -0.2) is 4.79 Å². The number of likely N-dealkylation sites (tertiary alicyclic amines) is 1. The molecular weight excluding hydrogens is 372 g/mol. The first-order chi connectivity index (χ1) is 13.8. The van der Waals surface area contributed by atoms with Crippen LogP contribution in [-0.4, -0.2) is 40.7 Å². The van der Waals surface area contributed by atoms with Gasteiger partial charge in [-0.15, -0.1) is 0 Å². The van der Waals surface area contributed by atoms with E-state index in [-0.39, 0.29) is 17.9 Å². The first-order valence-electron chi connectivity index (χ1n) is 9.89. The van der Waals surface area contributed by atoms with Crippen molar-refractivity contribution in [1.29, 1.82) is 0 Å². The summed E-state index contributed by atoms with van der Waals surface area (Å²) in [5.74, 6) is -2.72. The van der Waals surface area contributed by atoms with Crippen LogP contribution >= 0.6 is 0 Å². The van der Waals surface area contributed by atoms with E-state index in [1.165, 1.54) is 13.8 Å². The lowest BCUT2D eigenvalue weighted by Crippen LogP contribution is -2.46. The van der Waals surface area contributed by atoms with Gasteiger partial charge in [-0.1, -0.05) is 42.5 Å². The third kappa shape index (κ3) is 4.23.